The SMILES string of the molecule is CP(=O)(O)CCc1cc(I)c(Oc2ccc(O)c(I)c2)c(I)c1. The zero-order chi connectivity index (χ0) is 17.2. The summed E-state index contributed by atoms with van der Waals surface area (Å²) in [6.45, 7) is 1.38. The molecule has 1 unspecified atom stereocenters. The lowest BCUT2D eigenvalue weighted by Gasteiger charge is -2.13. The molecule has 0 saturated heterocycles. The number of benzene rings is 2. The molecule has 2 rings (SSSR count). The van der Waals surface area contributed by atoms with E-state index in [-0.39, 0.29) is 11.9 Å². The fourth-order valence-corrected chi connectivity index (χ4v) is 5.14. The smallest absolute Gasteiger partial charge is 0.197 e. The van der Waals surface area contributed by atoms with E-state index in [0.717, 1.165) is 22.0 Å². The molecular formula is C15H14I3O4P. The third-order valence-corrected chi connectivity index (χ3v) is 6.53. The first-order valence-corrected chi connectivity index (χ1v) is 12.1. The second-order valence-electron chi connectivity index (χ2n) is 5.13. The summed E-state index contributed by atoms with van der Waals surface area (Å²) >= 11 is 6.45. The van der Waals surface area contributed by atoms with Gasteiger partial charge in [-0.1, -0.05) is 0 Å². The van der Waals surface area contributed by atoms with E-state index in [1.807, 2.05) is 34.7 Å². The van der Waals surface area contributed by atoms with Crippen LogP contribution < -0.4 is 4.74 Å². The number of rotatable bonds is 5. The highest BCUT2D eigenvalue weighted by atomic mass is 127. The lowest BCUT2D eigenvalue weighted by Crippen LogP contribution is -1.98. The van der Waals surface area contributed by atoms with E-state index in [4.69, 9.17) is 4.74 Å². The summed E-state index contributed by atoms with van der Waals surface area (Å²) in [4.78, 5) is 9.42. The van der Waals surface area contributed by atoms with Gasteiger partial charge in [-0.25, -0.2) is 0 Å². The molecule has 0 saturated carbocycles. The normalized spacial score (nSPS) is 13.6. The minimum atomic E-state index is -3.00. The molecule has 4 nitrogen and oxygen atoms in total. The fourth-order valence-electron chi connectivity index (χ4n) is 1.86. The summed E-state index contributed by atoms with van der Waals surface area (Å²) in [6.07, 6.45) is 0.836. The molecule has 2 aromatic carbocycles. The Bertz CT molecular complexity index is 750. The van der Waals surface area contributed by atoms with Crippen molar-refractivity contribution in [2.75, 3.05) is 12.8 Å². The van der Waals surface area contributed by atoms with Crippen LogP contribution in [0.25, 0.3) is 0 Å². The van der Waals surface area contributed by atoms with Crippen LogP contribution in [0, 0.1) is 10.7 Å². The first-order valence-electron chi connectivity index (χ1n) is 6.59. The van der Waals surface area contributed by atoms with Gasteiger partial charge >= 0.3 is 0 Å². The number of ether oxygens (including phenoxy) is 1. The van der Waals surface area contributed by atoms with E-state index >= 15 is 0 Å². The minimum Gasteiger partial charge on any atom is -0.507 e. The molecule has 0 aliphatic carbocycles. The van der Waals surface area contributed by atoms with E-state index in [9.17, 15) is 14.6 Å². The summed E-state index contributed by atoms with van der Waals surface area (Å²) in [5, 5.41) is 9.57. The Balaban J connectivity index is 2.23. The number of aryl methyl sites for hydroxylation is 1. The number of phenolic OH excluding ortho intramolecular Hbond substituents is 1. The van der Waals surface area contributed by atoms with Gasteiger partial charge in [0.2, 0.25) is 0 Å². The van der Waals surface area contributed by atoms with Crippen LogP contribution in [-0.2, 0) is 11.0 Å². The van der Waals surface area contributed by atoms with Crippen LogP contribution in [0.2, 0.25) is 0 Å². The largest absolute Gasteiger partial charge is 0.507 e. The quantitative estimate of drug-likeness (QED) is 0.329. The zero-order valence-electron chi connectivity index (χ0n) is 12.1. The van der Waals surface area contributed by atoms with Crippen molar-refractivity contribution in [3.8, 4) is 17.2 Å². The van der Waals surface area contributed by atoms with Crippen LogP contribution in [-0.4, -0.2) is 22.8 Å². The van der Waals surface area contributed by atoms with Crippen molar-refractivity contribution in [3.05, 3.63) is 46.6 Å². The van der Waals surface area contributed by atoms with Crippen LogP contribution in [0.15, 0.2) is 30.3 Å². The first-order chi connectivity index (χ1) is 10.7. The predicted molar refractivity (Wildman–Crippen MR) is 117 cm³/mol. The first kappa shape index (κ1) is 19.7. The topological polar surface area (TPSA) is 66.8 Å². The third-order valence-electron chi connectivity index (χ3n) is 3.01. The molecule has 1 atom stereocenters. The van der Waals surface area contributed by atoms with E-state index in [1.54, 1.807) is 18.2 Å². The van der Waals surface area contributed by atoms with E-state index < -0.39 is 7.37 Å². The highest BCUT2D eigenvalue weighted by Gasteiger charge is 2.14. The highest BCUT2D eigenvalue weighted by Crippen LogP contribution is 2.38. The van der Waals surface area contributed by atoms with E-state index in [2.05, 4.69) is 45.2 Å². The average molecular weight is 670 g/mol. The Kier molecular flexibility index (Phi) is 7.04. The van der Waals surface area contributed by atoms with Gasteiger partial charge in [0, 0.05) is 12.8 Å². The fraction of sp³-hybridized carbons (Fsp3) is 0.200. The van der Waals surface area contributed by atoms with Gasteiger partial charge in [-0.05, 0) is 110 Å². The second-order valence-corrected chi connectivity index (χ2v) is 11.2. The lowest BCUT2D eigenvalue weighted by molar-refractivity contribution is 0.458. The van der Waals surface area contributed by atoms with Gasteiger partial charge in [-0.2, -0.15) is 0 Å². The van der Waals surface area contributed by atoms with E-state index in [0.29, 0.717) is 12.2 Å². The van der Waals surface area contributed by atoms with Crippen molar-refractivity contribution in [2.45, 2.75) is 6.42 Å². The van der Waals surface area contributed by atoms with Gasteiger partial charge in [0.1, 0.15) is 11.5 Å². The highest BCUT2D eigenvalue weighted by molar-refractivity contribution is 14.1. The molecule has 0 spiro atoms. The van der Waals surface area contributed by atoms with Gasteiger partial charge in [0.05, 0.1) is 10.7 Å². The molecule has 0 aliphatic heterocycles. The Morgan fingerprint density at radius 2 is 1.70 bits per heavy atom. The third kappa shape index (κ3) is 6.02. The van der Waals surface area contributed by atoms with Crippen LogP contribution in [0.5, 0.6) is 17.2 Å². The number of aromatic hydroxyl groups is 1. The number of phenols is 1. The molecular weight excluding hydrogens is 656 g/mol. The van der Waals surface area contributed by atoms with Crippen molar-refractivity contribution in [1.29, 1.82) is 0 Å². The van der Waals surface area contributed by atoms with Crippen LogP contribution in [0.1, 0.15) is 5.56 Å². The standard InChI is InChI=1S/C15H14I3O4P/c1-23(20,21)5-4-9-6-12(17)15(13(18)7-9)22-10-2-3-14(19)11(16)8-10/h2-3,6-8,19H,4-5H2,1H3,(H,20,21). The Morgan fingerprint density at radius 3 is 2.22 bits per heavy atom. The molecule has 124 valence electrons. The Labute approximate surface area is 175 Å². The zero-order valence-corrected chi connectivity index (χ0v) is 19.5. The number of hydrogen-bond donors (Lipinski definition) is 2. The van der Waals surface area contributed by atoms with Crippen molar-refractivity contribution >= 4 is 75.1 Å². The number of halogens is 3. The molecule has 2 aromatic rings. The molecule has 0 heterocycles. The summed E-state index contributed by atoms with van der Waals surface area (Å²) in [5.41, 5.74) is 1.02. The van der Waals surface area contributed by atoms with Gasteiger partial charge in [0.15, 0.2) is 13.1 Å². The van der Waals surface area contributed by atoms with Gasteiger partial charge < -0.3 is 14.7 Å². The molecule has 8 heteroatoms. The monoisotopic (exact) mass is 670 g/mol. The average Bonchev–Trinajstić information content (AvgIpc) is 2.43. The lowest BCUT2D eigenvalue weighted by atomic mass is 10.2. The van der Waals surface area contributed by atoms with Crippen LogP contribution in [0.4, 0.5) is 0 Å². The number of hydrogen-bond acceptors (Lipinski definition) is 3. The Morgan fingerprint density at radius 1 is 1.09 bits per heavy atom. The van der Waals surface area contributed by atoms with Crippen molar-refractivity contribution in [2.24, 2.45) is 0 Å². The van der Waals surface area contributed by atoms with Crippen molar-refractivity contribution < 1.29 is 19.3 Å². The minimum absolute atomic E-state index is 0.227. The van der Waals surface area contributed by atoms with Crippen molar-refractivity contribution in [1.82, 2.24) is 0 Å². The molecule has 0 bridgehead atoms. The molecule has 0 amide bonds. The molecule has 0 aromatic heterocycles. The molecule has 0 fully saturated rings. The maximum Gasteiger partial charge on any atom is 0.197 e. The summed E-state index contributed by atoms with van der Waals surface area (Å²) in [6, 6.07) is 9.04. The molecule has 2 N–H and O–H groups in total. The molecule has 0 radical (unpaired) electrons. The van der Waals surface area contributed by atoms with Gasteiger partial charge in [-0.15, -0.1) is 0 Å². The predicted octanol–water partition coefficient (Wildman–Crippen LogP) is 5.44. The van der Waals surface area contributed by atoms with Gasteiger partial charge in [0.25, 0.3) is 0 Å². The van der Waals surface area contributed by atoms with Gasteiger partial charge in [-0.3, -0.25) is 4.57 Å². The van der Waals surface area contributed by atoms with Crippen molar-refractivity contribution in [3.63, 3.8) is 0 Å². The molecule has 0 aliphatic rings. The maximum absolute atomic E-state index is 11.4. The summed E-state index contributed by atoms with van der Waals surface area (Å²) in [7, 11) is -3.00. The Hall–Kier alpha value is 0.420. The van der Waals surface area contributed by atoms with E-state index in [1.165, 1.54) is 6.66 Å². The summed E-state index contributed by atoms with van der Waals surface area (Å²) < 4.78 is 20.0. The maximum atomic E-state index is 11.4. The molecule has 23 heavy (non-hydrogen) atoms. The summed E-state index contributed by atoms with van der Waals surface area (Å²) in [5.74, 6) is 1.63. The van der Waals surface area contributed by atoms with Crippen LogP contribution in [0.3, 0.4) is 0 Å². The second kappa shape index (κ2) is 8.20. The van der Waals surface area contributed by atoms with Crippen LogP contribution >= 0.6 is 75.1 Å².